The van der Waals surface area contributed by atoms with Gasteiger partial charge in [-0.05, 0) is 23.8 Å². The molecule has 0 saturated heterocycles. The maximum atomic E-state index is 12.4. The molecule has 1 amide bonds. The van der Waals surface area contributed by atoms with Crippen LogP contribution in [-0.4, -0.2) is 27.2 Å². The Morgan fingerprint density at radius 3 is 2.70 bits per heavy atom. The Balaban J connectivity index is 1.86. The van der Waals surface area contributed by atoms with Crippen LogP contribution in [0.25, 0.3) is 11.0 Å². The standard InChI is InChI=1S/C17H17N3O3/c1-20-15-8-7-12(9-13(15)19-17(20)23)16(22)18-14(10-21)11-5-3-2-4-6-11/h2-9,14,21H,10H2,1H3,(H,18,22)(H,19,23). The Labute approximate surface area is 132 Å². The van der Waals surface area contributed by atoms with Crippen molar-refractivity contribution < 1.29 is 9.90 Å². The van der Waals surface area contributed by atoms with Crippen LogP contribution in [0.2, 0.25) is 0 Å². The molecule has 0 aliphatic rings. The van der Waals surface area contributed by atoms with E-state index in [-0.39, 0.29) is 18.2 Å². The van der Waals surface area contributed by atoms with Crippen LogP contribution in [0.5, 0.6) is 0 Å². The van der Waals surface area contributed by atoms with Crippen LogP contribution in [0.15, 0.2) is 53.3 Å². The molecular weight excluding hydrogens is 294 g/mol. The van der Waals surface area contributed by atoms with Crippen LogP contribution >= 0.6 is 0 Å². The second kappa shape index (κ2) is 6.10. The lowest BCUT2D eigenvalue weighted by Crippen LogP contribution is -2.30. The molecule has 1 aromatic heterocycles. The summed E-state index contributed by atoms with van der Waals surface area (Å²) in [4.78, 5) is 26.7. The van der Waals surface area contributed by atoms with Gasteiger partial charge in [0, 0.05) is 12.6 Å². The number of H-pyrrole nitrogens is 1. The first-order valence-corrected chi connectivity index (χ1v) is 7.25. The third-order valence-corrected chi connectivity index (χ3v) is 3.86. The first-order chi connectivity index (χ1) is 11.1. The third kappa shape index (κ3) is 2.89. The number of rotatable bonds is 4. The van der Waals surface area contributed by atoms with Crippen molar-refractivity contribution in [1.29, 1.82) is 0 Å². The van der Waals surface area contributed by atoms with Crippen molar-refractivity contribution in [3.8, 4) is 0 Å². The van der Waals surface area contributed by atoms with E-state index in [1.165, 1.54) is 4.57 Å². The molecule has 2 aromatic carbocycles. The molecule has 23 heavy (non-hydrogen) atoms. The lowest BCUT2D eigenvalue weighted by atomic mass is 10.1. The van der Waals surface area contributed by atoms with Crippen molar-refractivity contribution in [3.05, 3.63) is 70.1 Å². The van der Waals surface area contributed by atoms with Crippen molar-refractivity contribution in [2.75, 3.05) is 6.61 Å². The fraction of sp³-hybridized carbons (Fsp3) is 0.176. The molecular formula is C17H17N3O3. The van der Waals surface area contributed by atoms with Gasteiger partial charge in [0.1, 0.15) is 0 Å². The molecule has 3 N–H and O–H groups in total. The third-order valence-electron chi connectivity index (χ3n) is 3.86. The molecule has 0 bridgehead atoms. The number of aryl methyl sites for hydroxylation is 1. The molecule has 6 heteroatoms. The summed E-state index contributed by atoms with van der Waals surface area (Å²) in [6.45, 7) is -0.194. The Kier molecular flexibility index (Phi) is 3.99. The second-order valence-electron chi connectivity index (χ2n) is 5.34. The zero-order valence-corrected chi connectivity index (χ0v) is 12.6. The highest BCUT2D eigenvalue weighted by Crippen LogP contribution is 2.15. The fourth-order valence-corrected chi connectivity index (χ4v) is 2.54. The highest BCUT2D eigenvalue weighted by atomic mass is 16.3. The van der Waals surface area contributed by atoms with Gasteiger partial charge in [-0.1, -0.05) is 30.3 Å². The maximum absolute atomic E-state index is 12.4. The SMILES string of the molecule is Cn1c(=O)[nH]c2cc(C(=O)NC(CO)c3ccccc3)ccc21. The molecule has 1 unspecified atom stereocenters. The van der Waals surface area contributed by atoms with Gasteiger partial charge in [-0.3, -0.25) is 9.36 Å². The van der Waals surface area contributed by atoms with E-state index < -0.39 is 6.04 Å². The van der Waals surface area contributed by atoms with Crippen LogP contribution in [0.1, 0.15) is 22.0 Å². The van der Waals surface area contributed by atoms with E-state index in [0.29, 0.717) is 11.1 Å². The molecule has 6 nitrogen and oxygen atoms in total. The van der Waals surface area contributed by atoms with Crippen molar-refractivity contribution in [3.63, 3.8) is 0 Å². The number of aromatic amines is 1. The lowest BCUT2D eigenvalue weighted by Gasteiger charge is -2.16. The molecule has 0 fully saturated rings. The van der Waals surface area contributed by atoms with Gasteiger partial charge in [0.05, 0.1) is 23.7 Å². The summed E-state index contributed by atoms with van der Waals surface area (Å²) in [5.74, 6) is -0.306. The van der Waals surface area contributed by atoms with E-state index in [2.05, 4.69) is 10.3 Å². The van der Waals surface area contributed by atoms with Gasteiger partial charge in [0.15, 0.2) is 0 Å². The summed E-state index contributed by atoms with van der Waals surface area (Å²) in [6, 6.07) is 13.8. The Morgan fingerprint density at radius 2 is 2.00 bits per heavy atom. The molecule has 1 atom stereocenters. The summed E-state index contributed by atoms with van der Waals surface area (Å²) >= 11 is 0. The molecule has 0 spiro atoms. The van der Waals surface area contributed by atoms with E-state index in [1.807, 2.05) is 30.3 Å². The van der Waals surface area contributed by atoms with Crippen molar-refractivity contribution in [2.24, 2.45) is 7.05 Å². The number of hydrogen-bond acceptors (Lipinski definition) is 3. The number of imidazole rings is 1. The minimum absolute atomic E-state index is 0.194. The summed E-state index contributed by atoms with van der Waals surface area (Å²) < 4.78 is 1.48. The van der Waals surface area contributed by atoms with Crippen molar-refractivity contribution >= 4 is 16.9 Å². The van der Waals surface area contributed by atoms with Crippen molar-refractivity contribution in [1.82, 2.24) is 14.9 Å². The summed E-state index contributed by atoms with van der Waals surface area (Å²) in [6.07, 6.45) is 0. The topological polar surface area (TPSA) is 87.1 Å². The number of nitrogens with zero attached hydrogens (tertiary/aromatic N) is 1. The number of aromatic nitrogens is 2. The highest BCUT2D eigenvalue weighted by molar-refractivity contribution is 5.97. The first-order valence-electron chi connectivity index (χ1n) is 7.25. The first kappa shape index (κ1) is 15.1. The number of fused-ring (bicyclic) bond motifs is 1. The van der Waals surface area contributed by atoms with Gasteiger partial charge in [0.25, 0.3) is 5.91 Å². The molecule has 1 heterocycles. The van der Waals surface area contributed by atoms with E-state index in [9.17, 15) is 14.7 Å². The van der Waals surface area contributed by atoms with Crippen molar-refractivity contribution in [2.45, 2.75) is 6.04 Å². The zero-order valence-electron chi connectivity index (χ0n) is 12.6. The van der Waals surface area contributed by atoms with Crippen LogP contribution in [0.3, 0.4) is 0 Å². The van der Waals surface area contributed by atoms with Gasteiger partial charge < -0.3 is 15.4 Å². The number of carbonyl (C=O) groups excluding carboxylic acids is 1. The van der Waals surface area contributed by atoms with Gasteiger partial charge in [-0.2, -0.15) is 0 Å². The molecule has 3 aromatic rings. The summed E-state index contributed by atoms with van der Waals surface area (Å²) in [5, 5.41) is 12.3. The molecule has 118 valence electrons. The predicted molar refractivity (Wildman–Crippen MR) is 87.3 cm³/mol. The van der Waals surface area contributed by atoms with Gasteiger partial charge in [-0.25, -0.2) is 4.79 Å². The van der Waals surface area contributed by atoms with Crippen LogP contribution < -0.4 is 11.0 Å². The molecule has 0 aliphatic heterocycles. The molecule has 0 radical (unpaired) electrons. The Hall–Kier alpha value is -2.86. The number of benzene rings is 2. The summed E-state index contributed by atoms with van der Waals surface area (Å²) in [7, 11) is 1.66. The number of aliphatic hydroxyl groups is 1. The molecule has 3 rings (SSSR count). The quantitative estimate of drug-likeness (QED) is 0.679. The van der Waals surface area contributed by atoms with E-state index in [4.69, 9.17) is 0 Å². The monoisotopic (exact) mass is 311 g/mol. The van der Waals surface area contributed by atoms with Crippen LogP contribution in [0, 0.1) is 0 Å². The van der Waals surface area contributed by atoms with Gasteiger partial charge in [-0.15, -0.1) is 0 Å². The van der Waals surface area contributed by atoms with E-state index in [0.717, 1.165) is 11.1 Å². The van der Waals surface area contributed by atoms with Crippen LogP contribution in [-0.2, 0) is 7.05 Å². The average molecular weight is 311 g/mol. The zero-order chi connectivity index (χ0) is 16.4. The summed E-state index contributed by atoms with van der Waals surface area (Å²) in [5.41, 5.74) is 2.36. The molecule has 0 saturated carbocycles. The lowest BCUT2D eigenvalue weighted by molar-refractivity contribution is 0.0916. The average Bonchev–Trinajstić information content (AvgIpc) is 2.87. The largest absolute Gasteiger partial charge is 0.394 e. The second-order valence-corrected chi connectivity index (χ2v) is 5.34. The maximum Gasteiger partial charge on any atom is 0.326 e. The number of carbonyl (C=O) groups is 1. The Bertz CT molecular complexity index is 896. The fourth-order valence-electron chi connectivity index (χ4n) is 2.54. The number of hydrogen-bond donors (Lipinski definition) is 3. The smallest absolute Gasteiger partial charge is 0.326 e. The van der Waals surface area contributed by atoms with Gasteiger partial charge >= 0.3 is 5.69 Å². The van der Waals surface area contributed by atoms with E-state index in [1.54, 1.807) is 25.2 Å². The number of nitrogens with one attached hydrogen (secondary N) is 2. The Morgan fingerprint density at radius 1 is 1.26 bits per heavy atom. The predicted octanol–water partition coefficient (Wildman–Crippen LogP) is 1.33. The highest BCUT2D eigenvalue weighted by Gasteiger charge is 2.15. The molecule has 0 aliphatic carbocycles. The van der Waals surface area contributed by atoms with Crippen LogP contribution in [0.4, 0.5) is 0 Å². The minimum atomic E-state index is -0.478. The normalized spacial score (nSPS) is 12.3. The van der Waals surface area contributed by atoms with Gasteiger partial charge in [0.2, 0.25) is 0 Å². The van der Waals surface area contributed by atoms with E-state index >= 15 is 0 Å². The number of aliphatic hydroxyl groups excluding tert-OH is 1. The number of amides is 1. The minimum Gasteiger partial charge on any atom is -0.394 e.